The summed E-state index contributed by atoms with van der Waals surface area (Å²) in [4.78, 5) is 10.2. The Morgan fingerprint density at radius 2 is 2.03 bits per heavy atom. The summed E-state index contributed by atoms with van der Waals surface area (Å²) in [6.45, 7) is 1.46. The SMILES string of the molecule is COc1nc(N[C@H]2CCN(C3COC3)C[C@@H]2F)nn2cc(F)c(-c3cc(F)c4ncn(CC(F)F)c4c3)c12. The molecule has 0 amide bonds. The highest BCUT2D eigenvalue weighted by molar-refractivity contribution is 5.90. The second-order valence-corrected chi connectivity index (χ2v) is 9.45. The Balaban J connectivity index is 1.34. The number of nitrogens with one attached hydrogen (secondary N) is 1. The minimum Gasteiger partial charge on any atom is -0.479 e. The van der Waals surface area contributed by atoms with Crippen molar-refractivity contribution in [1.29, 1.82) is 0 Å². The van der Waals surface area contributed by atoms with Crippen LogP contribution in [0.4, 0.5) is 27.9 Å². The van der Waals surface area contributed by atoms with Crippen LogP contribution in [0, 0.1) is 11.6 Å². The fraction of sp³-hybridized carbons (Fsp3) is 0.458. The van der Waals surface area contributed by atoms with Gasteiger partial charge < -0.3 is 19.4 Å². The smallest absolute Gasteiger partial charge is 0.256 e. The van der Waals surface area contributed by atoms with Crippen molar-refractivity contribution in [3.8, 4) is 17.0 Å². The Kier molecular flexibility index (Phi) is 6.30. The van der Waals surface area contributed by atoms with Gasteiger partial charge in [-0.25, -0.2) is 31.5 Å². The fourth-order valence-corrected chi connectivity index (χ4v) is 5.08. The van der Waals surface area contributed by atoms with Gasteiger partial charge in [0.1, 0.15) is 17.2 Å². The van der Waals surface area contributed by atoms with E-state index in [1.165, 1.54) is 17.7 Å². The number of anilines is 1. The van der Waals surface area contributed by atoms with Crippen molar-refractivity contribution in [1.82, 2.24) is 29.0 Å². The van der Waals surface area contributed by atoms with Crippen molar-refractivity contribution in [3.05, 3.63) is 36.3 Å². The Hall–Kier alpha value is -3.52. The van der Waals surface area contributed by atoms with Crippen LogP contribution in [0.5, 0.6) is 5.88 Å². The Morgan fingerprint density at radius 3 is 2.71 bits per heavy atom. The maximum absolute atomic E-state index is 15.3. The zero-order chi connectivity index (χ0) is 26.6. The van der Waals surface area contributed by atoms with Gasteiger partial charge in [-0.1, -0.05) is 0 Å². The number of rotatable bonds is 7. The molecule has 6 rings (SSSR count). The van der Waals surface area contributed by atoms with Gasteiger partial charge in [0.15, 0.2) is 11.6 Å². The van der Waals surface area contributed by atoms with Crippen molar-refractivity contribution >= 4 is 22.5 Å². The van der Waals surface area contributed by atoms with Crippen molar-refractivity contribution < 1.29 is 31.4 Å². The predicted molar refractivity (Wildman–Crippen MR) is 127 cm³/mol. The zero-order valence-corrected chi connectivity index (χ0v) is 20.3. The quantitative estimate of drug-likeness (QED) is 0.362. The lowest BCUT2D eigenvalue weighted by Crippen LogP contribution is -2.57. The molecule has 9 nitrogen and oxygen atoms in total. The minimum atomic E-state index is -2.69. The molecule has 38 heavy (non-hydrogen) atoms. The summed E-state index contributed by atoms with van der Waals surface area (Å²) in [6, 6.07) is 2.13. The molecule has 2 atom stereocenters. The predicted octanol–water partition coefficient (Wildman–Crippen LogP) is 3.52. The Bertz CT molecular complexity index is 1490. The molecule has 0 bridgehead atoms. The van der Waals surface area contributed by atoms with Gasteiger partial charge in [0, 0.05) is 13.1 Å². The molecule has 0 spiro atoms. The van der Waals surface area contributed by atoms with E-state index in [1.807, 2.05) is 0 Å². The van der Waals surface area contributed by atoms with Crippen LogP contribution in [0.3, 0.4) is 0 Å². The highest BCUT2D eigenvalue weighted by atomic mass is 19.3. The van der Waals surface area contributed by atoms with Gasteiger partial charge in [-0.15, -0.1) is 5.10 Å². The van der Waals surface area contributed by atoms with E-state index in [1.54, 1.807) is 0 Å². The number of imidazole rings is 1. The van der Waals surface area contributed by atoms with Crippen LogP contribution in [-0.2, 0) is 11.3 Å². The van der Waals surface area contributed by atoms with Gasteiger partial charge in [0.2, 0.25) is 11.8 Å². The molecule has 2 fully saturated rings. The number of ether oxygens (including phenoxy) is 2. The zero-order valence-electron chi connectivity index (χ0n) is 20.3. The number of fused-ring (bicyclic) bond motifs is 2. The van der Waals surface area contributed by atoms with Crippen molar-refractivity contribution in [2.24, 2.45) is 0 Å². The third-order valence-electron chi connectivity index (χ3n) is 7.07. The summed E-state index contributed by atoms with van der Waals surface area (Å²) in [6.07, 6.45) is -1.17. The van der Waals surface area contributed by atoms with Crippen LogP contribution in [-0.4, -0.2) is 87.1 Å². The summed E-state index contributed by atoms with van der Waals surface area (Å²) < 4.78 is 84.0. The molecule has 4 aromatic rings. The van der Waals surface area contributed by atoms with Crippen LogP contribution >= 0.6 is 0 Å². The molecule has 2 aliphatic heterocycles. The second kappa shape index (κ2) is 9.66. The van der Waals surface area contributed by atoms with Crippen LogP contribution in [0.15, 0.2) is 24.7 Å². The first kappa shape index (κ1) is 24.8. The largest absolute Gasteiger partial charge is 0.479 e. The summed E-state index contributed by atoms with van der Waals surface area (Å²) >= 11 is 0. The summed E-state index contributed by atoms with van der Waals surface area (Å²) in [5.41, 5.74) is 0.0877. The molecule has 1 aromatic carbocycles. The van der Waals surface area contributed by atoms with E-state index in [2.05, 4.69) is 25.3 Å². The van der Waals surface area contributed by atoms with E-state index >= 15 is 4.39 Å². The molecule has 0 saturated carbocycles. The van der Waals surface area contributed by atoms with E-state index in [-0.39, 0.29) is 52.1 Å². The van der Waals surface area contributed by atoms with Crippen LogP contribution in [0.25, 0.3) is 27.7 Å². The molecule has 1 N–H and O–H groups in total. The maximum Gasteiger partial charge on any atom is 0.256 e. The number of methoxy groups -OCH3 is 1. The average molecular weight is 537 g/mol. The molecule has 0 unspecified atom stereocenters. The first-order chi connectivity index (χ1) is 18.3. The van der Waals surface area contributed by atoms with E-state index in [0.717, 1.165) is 23.2 Å². The molecular weight excluding hydrogens is 513 g/mol. The molecular formula is C24H24F5N7O2. The fourth-order valence-electron chi connectivity index (χ4n) is 5.08. The number of benzene rings is 1. The lowest BCUT2D eigenvalue weighted by atomic mass is 10.0. The van der Waals surface area contributed by atoms with Crippen LogP contribution in [0.2, 0.25) is 0 Å². The maximum atomic E-state index is 15.3. The highest BCUT2D eigenvalue weighted by Crippen LogP contribution is 2.36. The standard InChI is InChI=1S/C24H24F5N7O2/c1-37-23-22-20(12-4-14(25)21-18(5-12)35(11-30-21)8-19(28)29)16(27)7-36(22)33-24(32-23)31-17-2-3-34(6-15(17)26)13-9-38-10-13/h4-5,7,11,13,15,17,19H,2-3,6,8-10H2,1H3,(H,31,33)/t15-,17-/m0/s1. The number of hydrogen-bond donors (Lipinski definition) is 1. The first-order valence-corrected chi connectivity index (χ1v) is 12.1. The highest BCUT2D eigenvalue weighted by Gasteiger charge is 2.36. The number of nitrogens with zero attached hydrogens (tertiary/aromatic N) is 6. The third kappa shape index (κ3) is 4.30. The molecule has 5 heterocycles. The Morgan fingerprint density at radius 1 is 1.21 bits per heavy atom. The molecule has 2 saturated heterocycles. The van der Waals surface area contributed by atoms with Gasteiger partial charge in [-0.2, -0.15) is 4.98 Å². The van der Waals surface area contributed by atoms with E-state index in [4.69, 9.17) is 9.47 Å². The third-order valence-corrected chi connectivity index (χ3v) is 7.07. The number of piperidine rings is 1. The number of likely N-dealkylation sites (tertiary alicyclic amines) is 1. The van der Waals surface area contributed by atoms with Crippen molar-refractivity contribution in [3.63, 3.8) is 0 Å². The van der Waals surface area contributed by atoms with E-state index in [9.17, 15) is 17.6 Å². The summed E-state index contributed by atoms with van der Waals surface area (Å²) in [7, 11) is 1.33. The van der Waals surface area contributed by atoms with Gasteiger partial charge in [0.25, 0.3) is 6.43 Å². The summed E-state index contributed by atoms with van der Waals surface area (Å²) in [5.74, 6) is -1.54. The first-order valence-electron chi connectivity index (χ1n) is 12.1. The van der Waals surface area contributed by atoms with Crippen molar-refractivity contribution in [2.45, 2.75) is 37.6 Å². The van der Waals surface area contributed by atoms with Crippen LogP contribution < -0.4 is 10.1 Å². The number of aromatic nitrogens is 5. The second-order valence-electron chi connectivity index (χ2n) is 9.45. The van der Waals surface area contributed by atoms with E-state index < -0.39 is 36.8 Å². The number of alkyl halides is 3. The molecule has 202 valence electrons. The normalized spacial score (nSPS) is 20.9. The average Bonchev–Trinajstić information content (AvgIpc) is 3.39. The van der Waals surface area contributed by atoms with Crippen molar-refractivity contribution in [2.75, 3.05) is 38.7 Å². The van der Waals surface area contributed by atoms with Gasteiger partial charge in [-0.3, -0.25) is 4.90 Å². The minimum absolute atomic E-state index is 0.0255. The van der Waals surface area contributed by atoms with Gasteiger partial charge in [-0.05, 0) is 24.1 Å². The topological polar surface area (TPSA) is 81.7 Å². The summed E-state index contributed by atoms with van der Waals surface area (Å²) in [5, 5.41) is 7.29. The molecule has 2 aliphatic rings. The molecule has 3 aromatic heterocycles. The molecule has 0 aliphatic carbocycles. The van der Waals surface area contributed by atoms with Crippen LogP contribution in [0.1, 0.15) is 6.42 Å². The Labute approximate surface area is 213 Å². The number of halogens is 5. The van der Waals surface area contributed by atoms with Gasteiger partial charge in [0.05, 0.1) is 62.6 Å². The molecule has 0 radical (unpaired) electrons. The van der Waals surface area contributed by atoms with E-state index in [0.29, 0.717) is 26.2 Å². The molecule has 14 heteroatoms. The lowest BCUT2D eigenvalue weighted by molar-refractivity contribution is -0.0794. The number of hydrogen-bond acceptors (Lipinski definition) is 7. The van der Waals surface area contributed by atoms with Gasteiger partial charge >= 0.3 is 0 Å². The lowest BCUT2D eigenvalue weighted by Gasteiger charge is -2.42. The monoisotopic (exact) mass is 537 g/mol.